The van der Waals surface area contributed by atoms with Crippen molar-refractivity contribution in [3.8, 4) is 0 Å². The quantitative estimate of drug-likeness (QED) is 0.555. The molecule has 0 fully saturated rings. The largest absolute Gasteiger partial charge is 0.547 e. The molecule has 0 rings (SSSR count). The fourth-order valence-corrected chi connectivity index (χ4v) is 0.677. The molecule has 0 spiro atoms. The van der Waals surface area contributed by atoms with Gasteiger partial charge in [-0.25, -0.2) is 0 Å². The smallest absolute Gasteiger partial charge is 0.0905 e. The van der Waals surface area contributed by atoms with E-state index in [0.29, 0.717) is 0 Å². The molecule has 92 valence electrons. The highest BCUT2D eigenvalue weighted by Gasteiger charge is 2.08. The van der Waals surface area contributed by atoms with E-state index in [2.05, 4.69) is 21.0 Å². The topological polar surface area (TPSA) is 86.4 Å². The Bertz CT molecular complexity index is 170. The molecular weight excluding hydrogens is 196 g/mol. The zero-order valence-corrected chi connectivity index (χ0v) is 10.2. The normalized spacial score (nSPS) is 12.7. The second-order valence-corrected chi connectivity index (χ2v) is 4.11. The van der Waals surface area contributed by atoms with Crippen molar-refractivity contribution >= 4 is 5.97 Å². The third-order valence-electron chi connectivity index (χ3n) is 2.16. The van der Waals surface area contributed by atoms with Crippen LogP contribution in [0.1, 0.15) is 20.3 Å². The maximum Gasteiger partial charge on any atom is 0.0905 e. The first-order chi connectivity index (χ1) is 6.76. The van der Waals surface area contributed by atoms with Crippen LogP contribution in [0.3, 0.4) is 0 Å². The molecule has 0 aliphatic carbocycles. The van der Waals surface area contributed by atoms with Crippen molar-refractivity contribution in [2.24, 2.45) is 5.73 Å². The summed E-state index contributed by atoms with van der Waals surface area (Å²) in [5, 5.41) is 17.3. The van der Waals surface area contributed by atoms with Crippen LogP contribution in [-0.2, 0) is 4.79 Å². The molecule has 0 heterocycles. The number of hydrogen-bond donors (Lipinski definition) is 2. The van der Waals surface area contributed by atoms with Crippen LogP contribution >= 0.6 is 0 Å². The first-order valence-corrected chi connectivity index (χ1v) is 5.17. The van der Waals surface area contributed by atoms with Crippen LogP contribution in [0.25, 0.3) is 0 Å². The Morgan fingerprint density at radius 3 is 2.13 bits per heavy atom. The predicted octanol–water partition coefficient (Wildman–Crippen LogP) is -1.45. The molecule has 1 unspecified atom stereocenters. The SMILES string of the molecule is CC(O)C(=O)[O-].CC[N+](C)(C)CCCN. The van der Waals surface area contributed by atoms with Gasteiger partial charge in [0.1, 0.15) is 0 Å². The number of aliphatic hydroxyl groups excluding tert-OH is 1. The van der Waals surface area contributed by atoms with Gasteiger partial charge in [0.2, 0.25) is 0 Å². The van der Waals surface area contributed by atoms with Gasteiger partial charge in [-0.2, -0.15) is 0 Å². The second kappa shape index (κ2) is 8.64. The van der Waals surface area contributed by atoms with Crippen molar-refractivity contribution in [3.63, 3.8) is 0 Å². The number of hydrogen-bond acceptors (Lipinski definition) is 4. The molecule has 1 atom stereocenters. The molecule has 0 saturated carbocycles. The summed E-state index contributed by atoms with van der Waals surface area (Å²) in [7, 11) is 4.46. The van der Waals surface area contributed by atoms with Gasteiger partial charge < -0.3 is 25.2 Å². The first-order valence-electron chi connectivity index (χ1n) is 5.17. The Hall–Kier alpha value is -0.650. The van der Waals surface area contributed by atoms with Crippen LogP contribution in [-0.4, -0.2) is 55.4 Å². The Morgan fingerprint density at radius 1 is 1.53 bits per heavy atom. The molecule has 0 aliphatic heterocycles. The summed E-state index contributed by atoms with van der Waals surface area (Å²) in [5.41, 5.74) is 5.38. The van der Waals surface area contributed by atoms with E-state index in [1.165, 1.54) is 13.1 Å². The maximum absolute atomic E-state index is 9.34. The lowest BCUT2D eigenvalue weighted by Crippen LogP contribution is -2.40. The number of carbonyl (C=O) groups is 1. The Morgan fingerprint density at radius 2 is 1.93 bits per heavy atom. The number of nitrogens with zero attached hydrogens (tertiary/aromatic N) is 1. The molecule has 0 aliphatic rings. The van der Waals surface area contributed by atoms with E-state index >= 15 is 0 Å². The van der Waals surface area contributed by atoms with E-state index in [9.17, 15) is 9.90 Å². The fraction of sp³-hybridized carbons (Fsp3) is 0.900. The Kier molecular flexibility index (Phi) is 9.66. The molecule has 0 aromatic rings. The molecule has 0 bridgehead atoms. The van der Waals surface area contributed by atoms with Gasteiger partial charge in [0, 0.05) is 6.42 Å². The fourth-order valence-electron chi connectivity index (χ4n) is 0.677. The first kappa shape index (κ1) is 16.8. The summed E-state index contributed by atoms with van der Waals surface area (Å²) >= 11 is 0. The van der Waals surface area contributed by atoms with Crippen molar-refractivity contribution < 1.29 is 19.5 Å². The highest BCUT2D eigenvalue weighted by molar-refractivity contribution is 5.68. The van der Waals surface area contributed by atoms with Crippen molar-refractivity contribution in [2.45, 2.75) is 26.4 Å². The third kappa shape index (κ3) is 13.3. The van der Waals surface area contributed by atoms with Gasteiger partial charge in [-0.15, -0.1) is 0 Å². The maximum atomic E-state index is 9.34. The highest BCUT2D eigenvalue weighted by Crippen LogP contribution is 1.95. The van der Waals surface area contributed by atoms with Gasteiger partial charge in [-0.3, -0.25) is 0 Å². The van der Waals surface area contributed by atoms with Crippen LogP contribution in [0.2, 0.25) is 0 Å². The summed E-state index contributed by atoms with van der Waals surface area (Å²) in [6.07, 6.45) is -0.203. The van der Waals surface area contributed by atoms with Gasteiger partial charge in [-0.05, 0) is 20.4 Å². The summed E-state index contributed by atoms with van der Waals surface area (Å²) in [6.45, 7) is 6.56. The number of aliphatic carboxylic acids is 1. The van der Waals surface area contributed by atoms with Crippen LogP contribution in [0, 0.1) is 0 Å². The third-order valence-corrected chi connectivity index (χ3v) is 2.16. The van der Waals surface area contributed by atoms with E-state index in [-0.39, 0.29) is 0 Å². The van der Waals surface area contributed by atoms with Crippen LogP contribution in [0.4, 0.5) is 0 Å². The standard InChI is InChI=1S/C7H19N2.C3H6O3/c1-4-9(2,3)7-5-6-8;1-2(4)3(5)6/h4-8H2,1-3H3;2,4H,1H3,(H,5,6)/q+1;/p-1. The van der Waals surface area contributed by atoms with Crippen molar-refractivity contribution in [3.05, 3.63) is 0 Å². The number of carbonyl (C=O) groups excluding carboxylic acids is 1. The zero-order chi connectivity index (χ0) is 12.5. The summed E-state index contributed by atoms with van der Waals surface area (Å²) in [4.78, 5) is 9.34. The molecule has 0 aromatic carbocycles. The average molecular weight is 220 g/mol. The number of carboxylic acids is 1. The molecule has 0 amide bonds. The minimum atomic E-state index is -1.44. The average Bonchev–Trinajstić information content (AvgIpc) is 2.16. The van der Waals surface area contributed by atoms with Crippen LogP contribution < -0.4 is 10.8 Å². The molecule has 5 heteroatoms. The van der Waals surface area contributed by atoms with Crippen molar-refractivity contribution in [1.29, 1.82) is 0 Å². The predicted molar refractivity (Wildman–Crippen MR) is 57.9 cm³/mol. The molecule has 5 nitrogen and oxygen atoms in total. The summed E-state index contributed by atoms with van der Waals surface area (Å²) in [5.74, 6) is -1.44. The lowest BCUT2D eigenvalue weighted by molar-refractivity contribution is -0.888. The molecule has 0 saturated heterocycles. The lowest BCUT2D eigenvalue weighted by atomic mass is 10.3. The number of quaternary nitrogens is 1. The second-order valence-electron chi connectivity index (χ2n) is 4.11. The van der Waals surface area contributed by atoms with E-state index < -0.39 is 12.1 Å². The van der Waals surface area contributed by atoms with Crippen molar-refractivity contribution in [2.75, 3.05) is 33.7 Å². The van der Waals surface area contributed by atoms with Gasteiger partial charge in [0.05, 0.1) is 39.3 Å². The van der Waals surface area contributed by atoms with E-state index in [0.717, 1.165) is 24.4 Å². The van der Waals surface area contributed by atoms with Gasteiger partial charge in [0.15, 0.2) is 0 Å². The number of carboxylic acid groups (broad SMARTS) is 1. The Balaban J connectivity index is 0. The summed E-state index contributed by atoms with van der Waals surface area (Å²) < 4.78 is 1.09. The molecular formula is C10H24N2O3. The molecule has 3 N–H and O–H groups in total. The molecule has 0 aromatic heterocycles. The van der Waals surface area contributed by atoms with Gasteiger partial charge in [-0.1, -0.05) is 0 Å². The van der Waals surface area contributed by atoms with Crippen LogP contribution in [0.5, 0.6) is 0 Å². The van der Waals surface area contributed by atoms with E-state index in [1.54, 1.807) is 0 Å². The zero-order valence-electron chi connectivity index (χ0n) is 10.2. The minimum absolute atomic E-state index is 0.821. The monoisotopic (exact) mass is 220 g/mol. The van der Waals surface area contributed by atoms with E-state index in [4.69, 9.17) is 10.8 Å². The molecule has 0 radical (unpaired) electrons. The van der Waals surface area contributed by atoms with Gasteiger partial charge in [0.25, 0.3) is 0 Å². The number of rotatable bonds is 5. The number of aliphatic hydroxyl groups is 1. The van der Waals surface area contributed by atoms with Crippen molar-refractivity contribution in [1.82, 2.24) is 0 Å². The van der Waals surface area contributed by atoms with Crippen LogP contribution in [0.15, 0.2) is 0 Å². The summed E-state index contributed by atoms with van der Waals surface area (Å²) in [6, 6.07) is 0. The Labute approximate surface area is 92.1 Å². The molecule has 15 heavy (non-hydrogen) atoms. The number of nitrogens with two attached hydrogens (primary N) is 1. The van der Waals surface area contributed by atoms with E-state index in [1.807, 2.05) is 0 Å². The highest BCUT2D eigenvalue weighted by atomic mass is 16.4. The lowest BCUT2D eigenvalue weighted by Gasteiger charge is -2.27. The minimum Gasteiger partial charge on any atom is -0.547 e. The van der Waals surface area contributed by atoms with Gasteiger partial charge >= 0.3 is 0 Å².